The molecule has 1 fully saturated rings. The van der Waals surface area contributed by atoms with Gasteiger partial charge in [-0.25, -0.2) is 4.98 Å². The number of aromatic nitrogens is 2. The molecule has 0 radical (unpaired) electrons. The Morgan fingerprint density at radius 2 is 1.92 bits per heavy atom. The predicted molar refractivity (Wildman–Crippen MR) is 105 cm³/mol. The van der Waals surface area contributed by atoms with Crippen molar-refractivity contribution in [3.63, 3.8) is 0 Å². The summed E-state index contributed by atoms with van der Waals surface area (Å²) in [4.78, 5) is 5.94. The van der Waals surface area contributed by atoms with Crippen molar-refractivity contribution in [3.05, 3.63) is 24.0 Å². The van der Waals surface area contributed by atoms with Crippen LogP contribution in [0.1, 0.15) is 59.7 Å². The standard InChI is InChI=1S/C18H26N2OS.C2H6/c1-4-18(2,3)17-19-15-11-14(22)5-6-16(15)20(17)12-13-7-9-21-10-8-13;1-2/h5-6,11,13,22H,4,7-10,12H2,1-3H3;1-2H3. The van der Waals surface area contributed by atoms with Gasteiger partial charge in [0.2, 0.25) is 0 Å². The Balaban J connectivity index is 0.00000100. The van der Waals surface area contributed by atoms with Crippen LogP contribution in [0, 0.1) is 5.92 Å². The van der Waals surface area contributed by atoms with E-state index < -0.39 is 0 Å². The number of nitrogens with zero attached hydrogens (tertiary/aromatic N) is 2. The number of thiol groups is 1. The highest BCUT2D eigenvalue weighted by atomic mass is 32.1. The van der Waals surface area contributed by atoms with Crippen LogP contribution in [0.25, 0.3) is 11.0 Å². The maximum atomic E-state index is 5.51. The zero-order valence-corrected chi connectivity index (χ0v) is 16.7. The third-order valence-corrected chi connectivity index (χ3v) is 5.28. The average molecular weight is 349 g/mol. The molecular formula is C20H32N2OS. The molecule has 0 N–H and O–H groups in total. The van der Waals surface area contributed by atoms with Crippen LogP contribution in [-0.2, 0) is 16.7 Å². The van der Waals surface area contributed by atoms with Gasteiger partial charge in [-0.1, -0.05) is 34.6 Å². The summed E-state index contributed by atoms with van der Waals surface area (Å²) in [6, 6.07) is 6.31. The van der Waals surface area contributed by atoms with Crippen LogP contribution in [0.15, 0.2) is 23.1 Å². The zero-order valence-electron chi connectivity index (χ0n) is 15.8. The molecule has 3 rings (SSSR count). The summed E-state index contributed by atoms with van der Waals surface area (Å²) in [6.45, 7) is 13.6. The summed E-state index contributed by atoms with van der Waals surface area (Å²) in [6.07, 6.45) is 3.38. The van der Waals surface area contributed by atoms with Crippen LogP contribution in [0.3, 0.4) is 0 Å². The van der Waals surface area contributed by atoms with E-state index in [-0.39, 0.29) is 5.41 Å². The van der Waals surface area contributed by atoms with Crippen LogP contribution in [0.5, 0.6) is 0 Å². The second-order valence-electron chi connectivity index (χ2n) is 7.01. The first-order chi connectivity index (χ1) is 11.5. The minimum Gasteiger partial charge on any atom is -0.381 e. The van der Waals surface area contributed by atoms with Gasteiger partial charge in [-0.2, -0.15) is 0 Å². The molecule has 1 aromatic heterocycles. The van der Waals surface area contributed by atoms with E-state index in [2.05, 4.69) is 56.2 Å². The number of imidazole rings is 1. The van der Waals surface area contributed by atoms with Gasteiger partial charge in [0, 0.05) is 30.1 Å². The van der Waals surface area contributed by atoms with Gasteiger partial charge in [0.25, 0.3) is 0 Å². The Labute approximate surface area is 152 Å². The van der Waals surface area contributed by atoms with E-state index in [1.165, 1.54) is 11.3 Å². The maximum Gasteiger partial charge on any atom is 0.115 e. The van der Waals surface area contributed by atoms with Crippen LogP contribution in [0.4, 0.5) is 0 Å². The van der Waals surface area contributed by atoms with Crippen molar-refractivity contribution in [1.82, 2.24) is 9.55 Å². The highest BCUT2D eigenvalue weighted by molar-refractivity contribution is 7.80. The first-order valence-electron chi connectivity index (χ1n) is 9.29. The van der Waals surface area contributed by atoms with Crippen LogP contribution >= 0.6 is 12.6 Å². The van der Waals surface area contributed by atoms with E-state index in [9.17, 15) is 0 Å². The fourth-order valence-electron chi connectivity index (χ4n) is 3.16. The van der Waals surface area contributed by atoms with Gasteiger partial charge >= 0.3 is 0 Å². The first-order valence-corrected chi connectivity index (χ1v) is 9.73. The summed E-state index contributed by atoms with van der Waals surface area (Å²) >= 11 is 4.46. The Morgan fingerprint density at radius 3 is 2.54 bits per heavy atom. The number of rotatable bonds is 4. The molecule has 1 aliphatic heterocycles. The Bertz CT molecular complexity index is 657. The molecule has 0 amide bonds. The van der Waals surface area contributed by atoms with E-state index >= 15 is 0 Å². The Morgan fingerprint density at radius 1 is 1.25 bits per heavy atom. The zero-order chi connectivity index (χ0) is 17.7. The van der Waals surface area contributed by atoms with Crippen molar-refractivity contribution >= 4 is 23.7 Å². The SMILES string of the molecule is CC.CCC(C)(C)c1nc2cc(S)ccc2n1CC1CCOCC1. The summed E-state index contributed by atoms with van der Waals surface area (Å²) in [5.41, 5.74) is 2.39. The minimum absolute atomic E-state index is 0.0843. The summed E-state index contributed by atoms with van der Waals surface area (Å²) < 4.78 is 7.95. The summed E-state index contributed by atoms with van der Waals surface area (Å²) in [5, 5.41) is 0. The lowest BCUT2D eigenvalue weighted by Crippen LogP contribution is -2.26. The van der Waals surface area contributed by atoms with Gasteiger partial charge < -0.3 is 9.30 Å². The Kier molecular flexibility index (Phi) is 6.76. The number of benzene rings is 1. The Hall–Kier alpha value is -1.00. The smallest absolute Gasteiger partial charge is 0.115 e. The van der Waals surface area contributed by atoms with Crippen LogP contribution < -0.4 is 0 Å². The topological polar surface area (TPSA) is 27.1 Å². The molecule has 3 nitrogen and oxygen atoms in total. The van der Waals surface area contributed by atoms with Gasteiger partial charge in [0.15, 0.2) is 0 Å². The molecule has 0 spiro atoms. The van der Waals surface area contributed by atoms with E-state index in [1.807, 2.05) is 13.8 Å². The highest BCUT2D eigenvalue weighted by Crippen LogP contribution is 2.32. The van der Waals surface area contributed by atoms with Gasteiger partial charge in [-0.15, -0.1) is 12.6 Å². The van der Waals surface area contributed by atoms with E-state index in [1.54, 1.807) is 0 Å². The lowest BCUT2D eigenvalue weighted by molar-refractivity contribution is 0.0611. The van der Waals surface area contributed by atoms with Crippen molar-refractivity contribution in [2.45, 2.75) is 70.7 Å². The van der Waals surface area contributed by atoms with Crippen molar-refractivity contribution in [2.75, 3.05) is 13.2 Å². The van der Waals surface area contributed by atoms with Crippen molar-refractivity contribution < 1.29 is 4.74 Å². The third kappa shape index (κ3) is 4.15. The molecule has 0 bridgehead atoms. The van der Waals surface area contributed by atoms with Gasteiger partial charge in [0.05, 0.1) is 11.0 Å². The molecule has 0 atom stereocenters. The van der Waals surface area contributed by atoms with E-state index in [4.69, 9.17) is 9.72 Å². The molecule has 0 aliphatic carbocycles. The number of hydrogen-bond donors (Lipinski definition) is 1. The average Bonchev–Trinajstić information content (AvgIpc) is 2.96. The van der Waals surface area contributed by atoms with Gasteiger partial charge in [-0.05, 0) is 43.4 Å². The molecule has 1 aromatic carbocycles. The van der Waals surface area contributed by atoms with Crippen LogP contribution in [0.2, 0.25) is 0 Å². The normalized spacial score (nSPS) is 16.1. The second kappa shape index (κ2) is 8.39. The number of ether oxygens (including phenoxy) is 1. The molecule has 1 saturated heterocycles. The second-order valence-corrected chi connectivity index (χ2v) is 7.53. The summed E-state index contributed by atoms with van der Waals surface area (Å²) in [7, 11) is 0. The summed E-state index contributed by atoms with van der Waals surface area (Å²) in [5.74, 6) is 1.89. The third-order valence-electron chi connectivity index (χ3n) is 5.00. The van der Waals surface area contributed by atoms with E-state index in [0.29, 0.717) is 5.92 Å². The maximum absolute atomic E-state index is 5.51. The first kappa shape index (κ1) is 19.3. The lowest BCUT2D eigenvalue weighted by Gasteiger charge is -2.27. The molecule has 0 saturated carbocycles. The number of fused-ring (bicyclic) bond motifs is 1. The van der Waals surface area contributed by atoms with Crippen LogP contribution in [-0.4, -0.2) is 22.8 Å². The molecule has 24 heavy (non-hydrogen) atoms. The highest BCUT2D eigenvalue weighted by Gasteiger charge is 2.27. The molecule has 4 heteroatoms. The fraction of sp³-hybridized carbons (Fsp3) is 0.650. The molecule has 134 valence electrons. The predicted octanol–water partition coefficient (Wildman–Crippen LogP) is 5.47. The largest absolute Gasteiger partial charge is 0.381 e. The molecular weight excluding hydrogens is 316 g/mol. The molecule has 0 unspecified atom stereocenters. The number of hydrogen-bond acceptors (Lipinski definition) is 3. The quantitative estimate of drug-likeness (QED) is 0.742. The van der Waals surface area contributed by atoms with Gasteiger partial charge in [-0.3, -0.25) is 0 Å². The van der Waals surface area contributed by atoms with E-state index in [0.717, 1.165) is 49.4 Å². The van der Waals surface area contributed by atoms with Crippen molar-refractivity contribution in [2.24, 2.45) is 5.92 Å². The van der Waals surface area contributed by atoms with Crippen molar-refractivity contribution in [3.8, 4) is 0 Å². The minimum atomic E-state index is 0.0843. The monoisotopic (exact) mass is 348 g/mol. The van der Waals surface area contributed by atoms with Gasteiger partial charge in [0.1, 0.15) is 5.82 Å². The molecule has 2 aromatic rings. The fourth-order valence-corrected chi connectivity index (χ4v) is 3.36. The van der Waals surface area contributed by atoms with Crippen molar-refractivity contribution in [1.29, 1.82) is 0 Å². The molecule has 2 heterocycles. The molecule has 1 aliphatic rings. The lowest BCUT2D eigenvalue weighted by atomic mass is 9.89.